The first-order chi connectivity index (χ1) is 7.61. The summed E-state index contributed by atoms with van der Waals surface area (Å²) in [5, 5.41) is 0.947. The highest BCUT2D eigenvalue weighted by Gasteiger charge is 2.21. The predicted molar refractivity (Wildman–Crippen MR) is 62.5 cm³/mol. The van der Waals surface area contributed by atoms with Gasteiger partial charge in [0.25, 0.3) is 0 Å². The summed E-state index contributed by atoms with van der Waals surface area (Å²) in [6.45, 7) is 3.46. The number of ketones is 2. The Bertz CT molecular complexity index is 552. The van der Waals surface area contributed by atoms with E-state index in [0.29, 0.717) is 5.56 Å². The minimum Gasteiger partial charge on any atom is -0.361 e. The first-order valence-corrected chi connectivity index (χ1v) is 5.26. The average molecular weight is 215 g/mol. The summed E-state index contributed by atoms with van der Waals surface area (Å²) >= 11 is 0. The second-order valence-electron chi connectivity index (χ2n) is 4.10. The molecule has 0 saturated heterocycles. The van der Waals surface area contributed by atoms with Gasteiger partial charge in [-0.3, -0.25) is 9.59 Å². The Labute approximate surface area is 93.5 Å². The molecule has 1 aromatic heterocycles. The number of benzene rings is 1. The summed E-state index contributed by atoms with van der Waals surface area (Å²) in [6, 6.07) is 7.26. The number of aromatic nitrogens is 1. The van der Waals surface area contributed by atoms with Crippen LogP contribution >= 0.6 is 0 Å². The summed E-state index contributed by atoms with van der Waals surface area (Å²) in [5.41, 5.74) is 1.20. The lowest BCUT2D eigenvalue weighted by Gasteiger charge is -2.04. The molecule has 82 valence electrons. The van der Waals surface area contributed by atoms with Crippen LogP contribution in [0, 0.1) is 5.92 Å². The van der Waals surface area contributed by atoms with Gasteiger partial charge < -0.3 is 4.98 Å². The molecular formula is C13H13NO2. The Morgan fingerprint density at radius 2 is 1.94 bits per heavy atom. The highest BCUT2D eigenvalue weighted by Crippen LogP contribution is 2.18. The minimum absolute atomic E-state index is 0.266. The van der Waals surface area contributed by atoms with Gasteiger partial charge in [-0.25, -0.2) is 0 Å². The van der Waals surface area contributed by atoms with Crippen molar-refractivity contribution in [2.75, 3.05) is 0 Å². The molecule has 0 bridgehead atoms. The lowest BCUT2D eigenvalue weighted by molar-refractivity contribution is -0.117. The van der Waals surface area contributed by atoms with Crippen LogP contribution in [-0.4, -0.2) is 16.6 Å². The number of carbonyl (C=O) groups is 2. The third-order valence-corrected chi connectivity index (χ3v) is 2.58. The van der Waals surface area contributed by atoms with Crippen molar-refractivity contribution >= 4 is 22.5 Å². The van der Waals surface area contributed by atoms with E-state index in [1.165, 1.54) is 0 Å². The summed E-state index contributed by atoms with van der Waals surface area (Å²) in [4.78, 5) is 26.6. The van der Waals surface area contributed by atoms with Gasteiger partial charge in [-0.2, -0.15) is 0 Å². The van der Waals surface area contributed by atoms with Crippen molar-refractivity contribution in [2.24, 2.45) is 5.92 Å². The van der Waals surface area contributed by atoms with E-state index in [1.54, 1.807) is 32.2 Å². The van der Waals surface area contributed by atoms with Crippen molar-refractivity contribution in [3.63, 3.8) is 0 Å². The first-order valence-electron chi connectivity index (χ1n) is 5.26. The van der Waals surface area contributed by atoms with E-state index in [-0.39, 0.29) is 11.7 Å². The van der Waals surface area contributed by atoms with Crippen LogP contribution in [0.2, 0.25) is 0 Å². The van der Waals surface area contributed by atoms with Crippen LogP contribution in [0.1, 0.15) is 24.2 Å². The molecule has 0 aliphatic rings. The number of para-hydroxylation sites is 1. The maximum Gasteiger partial charge on any atom is 0.230 e. The Morgan fingerprint density at radius 3 is 2.62 bits per heavy atom. The second kappa shape index (κ2) is 3.93. The van der Waals surface area contributed by atoms with Crippen molar-refractivity contribution in [1.82, 2.24) is 4.98 Å². The third-order valence-electron chi connectivity index (χ3n) is 2.58. The van der Waals surface area contributed by atoms with Gasteiger partial charge in [-0.1, -0.05) is 26.0 Å². The van der Waals surface area contributed by atoms with Crippen LogP contribution in [0.5, 0.6) is 0 Å². The molecule has 16 heavy (non-hydrogen) atoms. The molecule has 0 saturated carbocycles. The number of hydrogen-bond donors (Lipinski definition) is 1. The molecule has 1 heterocycles. The van der Waals surface area contributed by atoms with Crippen molar-refractivity contribution in [1.29, 1.82) is 0 Å². The number of rotatable bonds is 3. The summed E-state index contributed by atoms with van der Waals surface area (Å²) in [7, 11) is 0. The number of Topliss-reactive ketones (excluding diaryl/α,β-unsaturated/α-hetero) is 2. The SMILES string of the molecule is CC(C)C(=O)C(=O)c1cccc2cc[nH]c12. The summed E-state index contributed by atoms with van der Waals surface area (Å²) < 4.78 is 0. The number of fused-ring (bicyclic) bond motifs is 1. The lowest BCUT2D eigenvalue weighted by Crippen LogP contribution is -2.19. The fourth-order valence-corrected chi connectivity index (χ4v) is 1.67. The van der Waals surface area contributed by atoms with Crippen LogP contribution in [0.3, 0.4) is 0 Å². The zero-order valence-electron chi connectivity index (χ0n) is 9.28. The van der Waals surface area contributed by atoms with Crippen LogP contribution in [0.15, 0.2) is 30.5 Å². The quantitative estimate of drug-likeness (QED) is 0.632. The molecule has 0 fully saturated rings. The number of H-pyrrole nitrogens is 1. The molecule has 0 unspecified atom stereocenters. The van der Waals surface area contributed by atoms with Crippen molar-refractivity contribution in [3.8, 4) is 0 Å². The molecule has 1 N–H and O–H groups in total. The molecule has 2 aromatic rings. The Balaban J connectivity index is 2.51. The maximum atomic E-state index is 11.9. The molecule has 3 nitrogen and oxygen atoms in total. The van der Waals surface area contributed by atoms with Crippen LogP contribution < -0.4 is 0 Å². The van der Waals surface area contributed by atoms with E-state index >= 15 is 0 Å². The van der Waals surface area contributed by atoms with Gasteiger partial charge in [0, 0.05) is 23.1 Å². The van der Waals surface area contributed by atoms with Gasteiger partial charge in [0.15, 0.2) is 0 Å². The predicted octanol–water partition coefficient (Wildman–Crippen LogP) is 2.58. The molecule has 2 rings (SSSR count). The van der Waals surface area contributed by atoms with E-state index < -0.39 is 5.78 Å². The van der Waals surface area contributed by atoms with Gasteiger partial charge in [-0.15, -0.1) is 0 Å². The third kappa shape index (κ3) is 1.65. The van der Waals surface area contributed by atoms with E-state index in [4.69, 9.17) is 0 Å². The van der Waals surface area contributed by atoms with Crippen molar-refractivity contribution in [3.05, 3.63) is 36.0 Å². The molecule has 0 aliphatic heterocycles. The average Bonchev–Trinajstić information content (AvgIpc) is 2.74. The fourth-order valence-electron chi connectivity index (χ4n) is 1.67. The molecule has 0 amide bonds. The number of aromatic amines is 1. The molecule has 0 aliphatic carbocycles. The fraction of sp³-hybridized carbons (Fsp3) is 0.231. The van der Waals surface area contributed by atoms with Crippen LogP contribution in [-0.2, 0) is 4.79 Å². The topological polar surface area (TPSA) is 49.9 Å². The molecule has 0 spiro atoms. The van der Waals surface area contributed by atoms with E-state index in [2.05, 4.69) is 4.98 Å². The smallest absolute Gasteiger partial charge is 0.230 e. The minimum atomic E-state index is -0.414. The number of hydrogen-bond acceptors (Lipinski definition) is 2. The zero-order chi connectivity index (χ0) is 11.7. The van der Waals surface area contributed by atoms with E-state index in [0.717, 1.165) is 10.9 Å². The molecule has 0 radical (unpaired) electrons. The van der Waals surface area contributed by atoms with Crippen LogP contribution in [0.4, 0.5) is 0 Å². The van der Waals surface area contributed by atoms with Gasteiger partial charge in [0.1, 0.15) is 0 Å². The van der Waals surface area contributed by atoms with E-state index in [9.17, 15) is 9.59 Å². The highest BCUT2D eigenvalue weighted by atomic mass is 16.2. The molecule has 3 heteroatoms. The van der Waals surface area contributed by atoms with Gasteiger partial charge in [0.2, 0.25) is 11.6 Å². The Kier molecular flexibility index (Phi) is 2.60. The largest absolute Gasteiger partial charge is 0.361 e. The maximum absolute atomic E-state index is 11.9. The zero-order valence-corrected chi connectivity index (χ0v) is 9.28. The normalized spacial score (nSPS) is 10.9. The van der Waals surface area contributed by atoms with Gasteiger partial charge in [-0.05, 0) is 12.1 Å². The first kappa shape index (κ1) is 10.6. The lowest BCUT2D eigenvalue weighted by atomic mass is 9.98. The second-order valence-corrected chi connectivity index (χ2v) is 4.10. The molecule has 1 aromatic carbocycles. The Morgan fingerprint density at radius 1 is 1.19 bits per heavy atom. The summed E-state index contributed by atoms with van der Waals surface area (Å²) in [5.74, 6) is -1.03. The van der Waals surface area contributed by atoms with Gasteiger partial charge in [0.05, 0.1) is 5.52 Å². The highest BCUT2D eigenvalue weighted by molar-refractivity contribution is 6.46. The monoisotopic (exact) mass is 215 g/mol. The van der Waals surface area contributed by atoms with Crippen LogP contribution in [0.25, 0.3) is 10.9 Å². The molecule has 0 atom stereocenters. The standard InChI is InChI=1S/C13H13NO2/c1-8(2)12(15)13(16)10-5-3-4-9-6-7-14-11(9)10/h3-8,14H,1-2H3. The number of nitrogens with one attached hydrogen (secondary N) is 1. The summed E-state index contributed by atoms with van der Waals surface area (Å²) in [6.07, 6.45) is 1.77. The van der Waals surface area contributed by atoms with Crippen molar-refractivity contribution < 1.29 is 9.59 Å². The van der Waals surface area contributed by atoms with E-state index in [1.807, 2.05) is 12.1 Å². The molecular weight excluding hydrogens is 202 g/mol. The van der Waals surface area contributed by atoms with Gasteiger partial charge >= 0.3 is 0 Å². The Hall–Kier alpha value is -1.90. The number of carbonyl (C=O) groups excluding carboxylic acids is 2. The van der Waals surface area contributed by atoms with Crippen molar-refractivity contribution in [2.45, 2.75) is 13.8 Å².